The molecule has 10 heteroatoms. The van der Waals surface area contributed by atoms with Gasteiger partial charge < -0.3 is 40.1 Å². The number of hydrogen-bond acceptors (Lipinski definition) is 10. The molecule has 4 saturated carbocycles. The zero-order chi connectivity index (χ0) is 30.5. The first-order valence-electron chi connectivity index (χ1n) is 16.0. The molecule has 42 heavy (non-hydrogen) atoms. The van der Waals surface area contributed by atoms with Gasteiger partial charge in [0.25, 0.3) is 0 Å². The molecule has 236 valence electrons. The lowest BCUT2D eigenvalue weighted by atomic mass is 9.49. The average Bonchev–Trinajstić information content (AvgIpc) is 3.09. The van der Waals surface area contributed by atoms with E-state index in [0.29, 0.717) is 50.1 Å². The molecule has 4 aliphatic carbocycles. The summed E-state index contributed by atoms with van der Waals surface area (Å²) in [5, 5.41) is 73.9. The van der Waals surface area contributed by atoms with Crippen molar-refractivity contribution in [3.05, 3.63) is 11.6 Å². The molecule has 3 heterocycles. The highest BCUT2D eigenvalue weighted by Gasteiger charge is 2.88. The minimum Gasteiger partial charge on any atom is -0.453 e. The molecule has 10 nitrogen and oxygen atoms in total. The molecule has 14 atom stereocenters. The third-order valence-electron chi connectivity index (χ3n) is 14.1. The van der Waals surface area contributed by atoms with Gasteiger partial charge in [0.15, 0.2) is 6.10 Å². The van der Waals surface area contributed by atoms with E-state index >= 15 is 0 Å². The van der Waals surface area contributed by atoms with Crippen LogP contribution in [0.2, 0.25) is 0 Å². The second kappa shape index (κ2) is 8.57. The van der Waals surface area contributed by atoms with E-state index in [-0.39, 0.29) is 25.4 Å². The zero-order valence-electron chi connectivity index (χ0n) is 25.5. The second-order valence-corrected chi connectivity index (χ2v) is 15.7. The molecule has 1 unspecified atom stereocenters. The van der Waals surface area contributed by atoms with Gasteiger partial charge in [-0.25, -0.2) is 4.79 Å². The molecule has 7 aliphatic rings. The number of carbonyl (C=O) groups excluding carboxylic acids is 1. The minimum atomic E-state index is -2.06. The first-order valence-corrected chi connectivity index (χ1v) is 16.0. The second-order valence-electron chi connectivity index (χ2n) is 15.7. The number of ether oxygens (including phenoxy) is 2. The van der Waals surface area contributed by atoms with Crippen LogP contribution in [0.1, 0.15) is 86.0 Å². The van der Waals surface area contributed by atoms with Gasteiger partial charge in [-0.15, -0.1) is 0 Å². The summed E-state index contributed by atoms with van der Waals surface area (Å²) in [6.45, 7) is 10.1. The number of nitrogens with zero attached hydrogens (tertiary/aromatic N) is 1. The van der Waals surface area contributed by atoms with Gasteiger partial charge in [0, 0.05) is 60.7 Å². The lowest BCUT2D eigenvalue weighted by molar-refractivity contribution is -0.354. The molecule has 0 amide bonds. The van der Waals surface area contributed by atoms with E-state index in [2.05, 4.69) is 11.8 Å². The van der Waals surface area contributed by atoms with Crippen molar-refractivity contribution < 1.29 is 44.9 Å². The normalized spacial score (nSPS) is 60.3. The number of aliphatic hydroxyl groups excluding tert-OH is 1. The summed E-state index contributed by atoms with van der Waals surface area (Å²) < 4.78 is 12.6. The number of piperidine rings is 2. The van der Waals surface area contributed by atoms with Crippen molar-refractivity contribution in [3.63, 3.8) is 0 Å². The molecule has 7 fully saturated rings. The van der Waals surface area contributed by atoms with Gasteiger partial charge in [0.2, 0.25) is 5.79 Å². The fraction of sp³-hybridized carbons (Fsp3) is 0.906. The van der Waals surface area contributed by atoms with E-state index in [9.17, 15) is 35.4 Å². The summed E-state index contributed by atoms with van der Waals surface area (Å²) >= 11 is 0. The largest absolute Gasteiger partial charge is 0.453 e. The Kier molecular flexibility index (Phi) is 6.04. The van der Waals surface area contributed by atoms with Crippen molar-refractivity contribution in [1.82, 2.24) is 4.90 Å². The minimum absolute atomic E-state index is 0.0606. The number of hydrogen-bond donors (Lipinski definition) is 6. The van der Waals surface area contributed by atoms with Crippen LogP contribution in [0, 0.1) is 29.1 Å². The van der Waals surface area contributed by atoms with Gasteiger partial charge >= 0.3 is 5.97 Å². The number of allylic oxidation sites excluding steroid dienone is 1. The van der Waals surface area contributed by atoms with Crippen LogP contribution in [0.5, 0.6) is 0 Å². The number of esters is 1. The van der Waals surface area contributed by atoms with Crippen molar-refractivity contribution in [2.24, 2.45) is 29.1 Å². The van der Waals surface area contributed by atoms with Gasteiger partial charge in [-0.2, -0.15) is 0 Å². The number of fused-ring (bicyclic) bond motifs is 5. The first kappa shape index (κ1) is 29.6. The molecule has 0 aromatic heterocycles. The van der Waals surface area contributed by atoms with E-state index in [0.717, 1.165) is 6.42 Å². The Balaban J connectivity index is 1.32. The van der Waals surface area contributed by atoms with E-state index in [1.807, 2.05) is 6.92 Å². The van der Waals surface area contributed by atoms with Crippen LogP contribution < -0.4 is 0 Å². The molecular weight excluding hydrogens is 542 g/mol. The number of carbonyl (C=O) groups is 1. The molecule has 3 saturated heterocycles. The Bertz CT molecular complexity index is 1220. The van der Waals surface area contributed by atoms with Crippen molar-refractivity contribution in [1.29, 1.82) is 0 Å². The summed E-state index contributed by atoms with van der Waals surface area (Å²) in [4.78, 5) is 14.9. The zero-order valence-corrected chi connectivity index (χ0v) is 25.5. The van der Waals surface area contributed by atoms with Crippen LogP contribution in [-0.2, 0) is 14.3 Å². The molecule has 4 bridgehead atoms. The SMILES string of the molecule is C/C=C(/C)C(=O)OC1CC[C@@]2(C)[C@@H]3CC[C@H]4[C@]5(O)C[C@H](O)[C@@]6(O)[C@@H](CN7C[C@@H](C)CC[C@@H]7[C@@]6(C)O)[C@]5(O)C[C@@]42O[C@]13O. The van der Waals surface area contributed by atoms with Gasteiger partial charge in [-0.1, -0.05) is 19.9 Å². The Labute approximate surface area is 247 Å². The van der Waals surface area contributed by atoms with Crippen LogP contribution in [0.3, 0.4) is 0 Å². The van der Waals surface area contributed by atoms with Crippen LogP contribution in [0.4, 0.5) is 0 Å². The summed E-state index contributed by atoms with van der Waals surface area (Å²) in [6.07, 6.45) is 2.30. The fourth-order valence-electron chi connectivity index (χ4n) is 11.8. The quantitative estimate of drug-likeness (QED) is 0.202. The standard InChI is InChI=1S/C32H49NO9/c1-6-18(3)25(35)41-24-11-12-26(4)19-8-9-20-28(37)13-23(34)31(39)21(29(28,38)16-30(20,26)42-32(19,24)40)15-33-14-17(2)7-10-22(33)27(31,5)36/h6,17,19-24,34,36-40H,7-16H2,1-5H3/b18-6-/t17-,19-,20-,21-,22+,23-,24?,26-,27+,28+,29+,30+,31-,32-/m0/s1. The molecular formula is C32H49NO9. The Morgan fingerprint density at radius 3 is 2.33 bits per heavy atom. The van der Waals surface area contributed by atoms with Crippen molar-refractivity contribution in [2.75, 3.05) is 13.1 Å². The highest BCUT2D eigenvalue weighted by atomic mass is 16.7. The Morgan fingerprint density at radius 2 is 1.64 bits per heavy atom. The summed E-state index contributed by atoms with van der Waals surface area (Å²) in [6, 6.07) is -0.387. The van der Waals surface area contributed by atoms with Crippen LogP contribution in [-0.4, -0.2) is 107 Å². The van der Waals surface area contributed by atoms with Gasteiger partial charge in [-0.3, -0.25) is 4.90 Å². The first-order chi connectivity index (χ1) is 19.5. The molecule has 3 aliphatic heterocycles. The summed E-state index contributed by atoms with van der Waals surface area (Å²) in [7, 11) is 0. The topological polar surface area (TPSA) is 160 Å². The van der Waals surface area contributed by atoms with Gasteiger partial charge in [0.1, 0.15) is 22.4 Å². The maximum absolute atomic E-state index is 12.9. The summed E-state index contributed by atoms with van der Waals surface area (Å²) in [5.41, 5.74) is -8.96. The molecule has 6 N–H and O–H groups in total. The molecule has 7 rings (SSSR count). The Morgan fingerprint density at radius 1 is 0.952 bits per heavy atom. The number of rotatable bonds is 2. The van der Waals surface area contributed by atoms with Crippen molar-refractivity contribution >= 4 is 5.97 Å². The van der Waals surface area contributed by atoms with Crippen LogP contribution in [0.15, 0.2) is 11.6 Å². The molecule has 0 radical (unpaired) electrons. The summed E-state index contributed by atoms with van der Waals surface area (Å²) in [5.74, 6) is -4.05. The number of aliphatic hydroxyl groups is 6. The molecule has 1 spiro atoms. The lowest BCUT2D eigenvalue weighted by Crippen LogP contribution is -2.85. The lowest BCUT2D eigenvalue weighted by Gasteiger charge is -2.68. The predicted molar refractivity (Wildman–Crippen MR) is 150 cm³/mol. The monoisotopic (exact) mass is 591 g/mol. The van der Waals surface area contributed by atoms with Crippen LogP contribution in [0.25, 0.3) is 0 Å². The highest BCUT2D eigenvalue weighted by Crippen LogP contribution is 2.78. The van der Waals surface area contributed by atoms with Crippen LogP contribution >= 0.6 is 0 Å². The predicted octanol–water partition coefficient (Wildman–Crippen LogP) is 0.991. The van der Waals surface area contributed by atoms with Crippen molar-refractivity contribution in [3.8, 4) is 0 Å². The van der Waals surface area contributed by atoms with E-state index in [1.165, 1.54) is 0 Å². The Hall–Kier alpha value is -1.11. The third kappa shape index (κ3) is 3.07. The highest BCUT2D eigenvalue weighted by molar-refractivity contribution is 5.87. The maximum Gasteiger partial charge on any atom is 0.333 e. The average molecular weight is 592 g/mol. The maximum atomic E-state index is 12.9. The van der Waals surface area contributed by atoms with Gasteiger partial charge in [0.05, 0.1) is 11.7 Å². The van der Waals surface area contributed by atoms with E-state index < -0.39 is 75.1 Å². The van der Waals surface area contributed by atoms with Crippen molar-refractivity contribution in [2.45, 2.75) is 138 Å². The molecule has 0 aromatic carbocycles. The fourth-order valence-corrected chi connectivity index (χ4v) is 11.8. The van der Waals surface area contributed by atoms with E-state index in [4.69, 9.17) is 9.47 Å². The van der Waals surface area contributed by atoms with Gasteiger partial charge in [-0.05, 0) is 65.2 Å². The third-order valence-corrected chi connectivity index (χ3v) is 14.1. The van der Waals surface area contributed by atoms with E-state index in [1.54, 1.807) is 26.8 Å². The smallest absolute Gasteiger partial charge is 0.333 e. The molecule has 0 aromatic rings.